The number of thiophene rings is 1. The number of nitrogens with one attached hydrogen (secondary N) is 1. The van der Waals surface area contributed by atoms with Crippen molar-refractivity contribution in [3.8, 4) is 0 Å². The summed E-state index contributed by atoms with van der Waals surface area (Å²) >= 11 is 1.35. The molecule has 124 valence electrons. The van der Waals surface area contributed by atoms with E-state index in [1.54, 1.807) is 20.2 Å². The number of amides is 1. The molecule has 0 unspecified atom stereocenters. The minimum atomic E-state index is -0.438. The fraction of sp³-hybridized carbons (Fsp3) is 0.235. The highest BCUT2D eigenvalue weighted by Gasteiger charge is 2.23. The molecule has 0 aliphatic carbocycles. The van der Waals surface area contributed by atoms with Crippen LogP contribution in [0, 0.1) is 6.92 Å². The normalized spacial score (nSPS) is 10.8. The molecule has 0 atom stereocenters. The molecule has 3 rings (SSSR count). The fourth-order valence-corrected chi connectivity index (χ4v) is 3.66. The summed E-state index contributed by atoms with van der Waals surface area (Å²) in [5.74, 6) is -0.739. The quantitative estimate of drug-likeness (QED) is 0.737. The van der Waals surface area contributed by atoms with Crippen molar-refractivity contribution in [2.75, 3.05) is 11.9 Å². The van der Waals surface area contributed by atoms with E-state index in [4.69, 9.17) is 4.74 Å². The molecule has 0 aliphatic rings. The lowest BCUT2D eigenvalue weighted by molar-refractivity contribution is 0.0530. The van der Waals surface area contributed by atoms with E-state index in [-0.39, 0.29) is 12.5 Å². The van der Waals surface area contributed by atoms with Crippen molar-refractivity contribution in [1.29, 1.82) is 0 Å². The molecule has 1 aromatic carbocycles. The number of benzene rings is 1. The lowest BCUT2D eigenvalue weighted by Crippen LogP contribution is -2.18. The largest absolute Gasteiger partial charge is 0.462 e. The lowest BCUT2D eigenvalue weighted by atomic mass is 10.1. The van der Waals surface area contributed by atoms with E-state index in [1.807, 2.05) is 31.2 Å². The maximum atomic E-state index is 12.6. The van der Waals surface area contributed by atoms with Gasteiger partial charge in [0.25, 0.3) is 5.91 Å². The van der Waals surface area contributed by atoms with E-state index in [1.165, 1.54) is 16.0 Å². The Kier molecular flexibility index (Phi) is 4.35. The van der Waals surface area contributed by atoms with Gasteiger partial charge in [0.15, 0.2) is 0 Å². The number of carbonyl (C=O) groups is 2. The maximum absolute atomic E-state index is 12.6. The highest BCUT2D eigenvalue weighted by Crippen LogP contribution is 2.36. The SMILES string of the molecule is CCOC(=O)c1c(NC(=O)c2c(C)cnn2C)sc2ccccc12. The zero-order valence-electron chi connectivity index (χ0n) is 13.6. The second kappa shape index (κ2) is 6.45. The van der Waals surface area contributed by atoms with Crippen molar-refractivity contribution in [1.82, 2.24) is 9.78 Å². The molecule has 0 bridgehead atoms. The molecule has 1 amide bonds. The highest BCUT2D eigenvalue weighted by atomic mass is 32.1. The average molecular weight is 343 g/mol. The van der Waals surface area contributed by atoms with Gasteiger partial charge in [0, 0.05) is 17.1 Å². The first-order chi connectivity index (χ1) is 11.5. The van der Waals surface area contributed by atoms with Gasteiger partial charge in [0.05, 0.1) is 12.8 Å². The number of carbonyl (C=O) groups excluding carboxylic acids is 2. The molecule has 0 aliphatic heterocycles. The number of hydrogen-bond donors (Lipinski definition) is 1. The predicted octanol–water partition coefficient (Wildman–Crippen LogP) is 3.37. The molecule has 1 N–H and O–H groups in total. The Morgan fingerprint density at radius 1 is 1.33 bits per heavy atom. The van der Waals surface area contributed by atoms with Gasteiger partial charge in [-0.2, -0.15) is 5.10 Å². The molecule has 6 nitrogen and oxygen atoms in total. The average Bonchev–Trinajstić information content (AvgIpc) is 3.07. The number of nitrogens with zero attached hydrogens (tertiary/aromatic N) is 2. The summed E-state index contributed by atoms with van der Waals surface area (Å²) in [4.78, 5) is 25.0. The first kappa shape index (κ1) is 16.2. The Labute approximate surface area is 143 Å². The van der Waals surface area contributed by atoms with Gasteiger partial charge >= 0.3 is 5.97 Å². The number of anilines is 1. The third-order valence-electron chi connectivity index (χ3n) is 3.64. The zero-order chi connectivity index (χ0) is 17.3. The van der Waals surface area contributed by atoms with Crippen LogP contribution in [0.15, 0.2) is 30.5 Å². The molecule has 0 saturated heterocycles. The number of esters is 1. The molecule has 2 heterocycles. The second-order valence-electron chi connectivity index (χ2n) is 5.28. The van der Waals surface area contributed by atoms with Crippen molar-refractivity contribution in [3.63, 3.8) is 0 Å². The van der Waals surface area contributed by atoms with Crippen LogP contribution in [0.2, 0.25) is 0 Å². The number of fused-ring (bicyclic) bond motifs is 1. The van der Waals surface area contributed by atoms with E-state index in [0.29, 0.717) is 16.3 Å². The topological polar surface area (TPSA) is 73.2 Å². The van der Waals surface area contributed by atoms with Crippen molar-refractivity contribution < 1.29 is 14.3 Å². The Morgan fingerprint density at radius 2 is 2.08 bits per heavy atom. The number of aryl methyl sites for hydroxylation is 2. The van der Waals surface area contributed by atoms with Gasteiger partial charge in [-0.25, -0.2) is 4.79 Å². The Morgan fingerprint density at radius 3 is 2.75 bits per heavy atom. The molecule has 3 aromatic rings. The molecule has 2 aromatic heterocycles. The van der Waals surface area contributed by atoms with Crippen LogP contribution in [0.1, 0.15) is 33.3 Å². The van der Waals surface area contributed by atoms with E-state index in [9.17, 15) is 9.59 Å². The van der Waals surface area contributed by atoms with E-state index in [0.717, 1.165) is 15.6 Å². The number of ether oxygens (including phenoxy) is 1. The summed E-state index contributed by atoms with van der Waals surface area (Å²) in [5, 5.41) is 8.18. The summed E-state index contributed by atoms with van der Waals surface area (Å²) in [6.07, 6.45) is 1.63. The highest BCUT2D eigenvalue weighted by molar-refractivity contribution is 7.23. The van der Waals surface area contributed by atoms with E-state index >= 15 is 0 Å². The summed E-state index contributed by atoms with van der Waals surface area (Å²) in [6.45, 7) is 3.85. The molecule has 0 radical (unpaired) electrons. The summed E-state index contributed by atoms with van der Waals surface area (Å²) in [7, 11) is 1.71. The summed E-state index contributed by atoms with van der Waals surface area (Å²) < 4.78 is 7.58. The minimum Gasteiger partial charge on any atom is -0.462 e. The van der Waals surface area contributed by atoms with Crippen molar-refractivity contribution in [3.05, 3.63) is 47.3 Å². The summed E-state index contributed by atoms with van der Waals surface area (Å²) in [5.41, 5.74) is 1.63. The number of rotatable bonds is 4. The van der Waals surface area contributed by atoms with Crippen LogP contribution < -0.4 is 5.32 Å². The van der Waals surface area contributed by atoms with Crippen LogP contribution >= 0.6 is 11.3 Å². The number of hydrogen-bond acceptors (Lipinski definition) is 5. The molecule has 0 fully saturated rings. The summed E-state index contributed by atoms with van der Waals surface area (Å²) in [6, 6.07) is 7.51. The van der Waals surface area contributed by atoms with Gasteiger partial charge < -0.3 is 10.1 Å². The third kappa shape index (κ3) is 2.78. The monoisotopic (exact) mass is 343 g/mol. The van der Waals surface area contributed by atoms with Gasteiger partial charge in [-0.3, -0.25) is 9.48 Å². The molecule has 24 heavy (non-hydrogen) atoms. The molecule has 0 saturated carbocycles. The smallest absolute Gasteiger partial charge is 0.341 e. The van der Waals surface area contributed by atoms with E-state index in [2.05, 4.69) is 10.4 Å². The van der Waals surface area contributed by atoms with Gasteiger partial charge in [0.1, 0.15) is 16.3 Å². The maximum Gasteiger partial charge on any atom is 0.341 e. The lowest BCUT2D eigenvalue weighted by Gasteiger charge is -2.07. The molecule has 0 spiro atoms. The molecular weight excluding hydrogens is 326 g/mol. The predicted molar refractivity (Wildman–Crippen MR) is 93.7 cm³/mol. The second-order valence-corrected chi connectivity index (χ2v) is 6.33. The first-order valence-electron chi connectivity index (χ1n) is 7.51. The standard InChI is InChI=1S/C17H17N3O3S/c1-4-23-17(22)13-11-7-5-6-8-12(11)24-16(13)19-15(21)14-10(2)9-18-20(14)3/h5-9H,4H2,1-3H3,(H,19,21). The van der Waals surface area contributed by atoms with Crippen LogP contribution in [0.25, 0.3) is 10.1 Å². The van der Waals surface area contributed by atoms with Crippen molar-refractivity contribution >= 4 is 38.3 Å². The third-order valence-corrected chi connectivity index (χ3v) is 4.73. The Balaban J connectivity index is 2.04. The van der Waals surface area contributed by atoms with Crippen molar-refractivity contribution in [2.45, 2.75) is 13.8 Å². The van der Waals surface area contributed by atoms with Crippen LogP contribution in [0.5, 0.6) is 0 Å². The van der Waals surface area contributed by atoms with Crippen LogP contribution in [0.4, 0.5) is 5.00 Å². The van der Waals surface area contributed by atoms with Gasteiger partial charge in [-0.05, 0) is 25.5 Å². The van der Waals surface area contributed by atoms with Crippen LogP contribution in [0.3, 0.4) is 0 Å². The van der Waals surface area contributed by atoms with Crippen molar-refractivity contribution in [2.24, 2.45) is 7.05 Å². The molecule has 7 heteroatoms. The van der Waals surface area contributed by atoms with Gasteiger partial charge in [-0.1, -0.05) is 18.2 Å². The first-order valence-corrected chi connectivity index (χ1v) is 8.33. The van der Waals surface area contributed by atoms with Gasteiger partial charge in [0.2, 0.25) is 0 Å². The Hall–Kier alpha value is -2.67. The number of aromatic nitrogens is 2. The van der Waals surface area contributed by atoms with E-state index < -0.39 is 5.97 Å². The zero-order valence-corrected chi connectivity index (χ0v) is 14.4. The Bertz CT molecular complexity index is 907. The van der Waals surface area contributed by atoms with Crippen LogP contribution in [-0.2, 0) is 11.8 Å². The van der Waals surface area contributed by atoms with Crippen LogP contribution in [-0.4, -0.2) is 28.3 Å². The molecular formula is C17H17N3O3S. The minimum absolute atomic E-state index is 0.275. The van der Waals surface area contributed by atoms with Gasteiger partial charge in [-0.15, -0.1) is 11.3 Å². The fourth-order valence-electron chi connectivity index (χ4n) is 2.58.